The summed E-state index contributed by atoms with van der Waals surface area (Å²) in [6.07, 6.45) is 4.32. The Bertz CT molecular complexity index is 1170. The lowest BCUT2D eigenvalue weighted by Gasteiger charge is -2.39. The molecular formula is C23H25F2N7O2. The lowest BCUT2D eigenvalue weighted by atomic mass is 9.92. The topological polar surface area (TPSA) is 90.2 Å². The molecule has 1 saturated carbocycles. The number of hydrogen-bond donors (Lipinski definition) is 1. The quantitative estimate of drug-likeness (QED) is 0.589. The van der Waals surface area contributed by atoms with Gasteiger partial charge in [0.2, 0.25) is 11.8 Å². The Hall–Kier alpha value is -3.50. The van der Waals surface area contributed by atoms with Crippen molar-refractivity contribution in [3.8, 4) is 11.6 Å². The SMILES string of the molecule is COc1cc(N2CC3CCC(C2)C3Nc2nc3n(n2)CCC3Oc2cc(F)cc(F)c2)cnn1. The number of ether oxygens (including phenoxy) is 2. The molecule has 1 aliphatic carbocycles. The maximum Gasteiger partial charge on any atom is 0.242 e. The van der Waals surface area contributed by atoms with Crippen molar-refractivity contribution in [2.75, 3.05) is 30.4 Å². The van der Waals surface area contributed by atoms with Crippen LogP contribution in [-0.2, 0) is 6.54 Å². The standard InChI is InChI=1S/C23H25F2N7O2/c1-33-20-9-17(10-26-29-20)31-11-13-2-3-14(12-31)21(13)27-23-28-22-19(4-5-32(22)30-23)34-18-7-15(24)6-16(25)8-18/h6-10,13-14,19,21H,2-5,11-12H2,1H3,(H,27,30). The number of aromatic nitrogens is 5. The number of fused-ring (bicyclic) bond motifs is 3. The third-order valence-electron chi connectivity index (χ3n) is 7.03. The highest BCUT2D eigenvalue weighted by molar-refractivity contribution is 5.48. The zero-order valence-corrected chi connectivity index (χ0v) is 18.7. The highest BCUT2D eigenvalue weighted by Gasteiger charge is 2.43. The second-order valence-electron chi connectivity index (χ2n) is 9.15. The number of nitrogens with zero attached hydrogens (tertiary/aromatic N) is 6. The Morgan fingerprint density at radius 2 is 1.79 bits per heavy atom. The molecule has 3 unspecified atom stereocenters. The predicted octanol–water partition coefficient (Wildman–Crippen LogP) is 3.21. The van der Waals surface area contributed by atoms with Crippen LogP contribution in [0.5, 0.6) is 11.6 Å². The molecule has 0 amide bonds. The van der Waals surface area contributed by atoms with Crippen LogP contribution >= 0.6 is 0 Å². The van der Waals surface area contributed by atoms with Gasteiger partial charge >= 0.3 is 0 Å². The molecule has 2 aliphatic heterocycles. The number of nitrogens with one attached hydrogen (secondary N) is 1. The van der Waals surface area contributed by atoms with E-state index in [2.05, 4.69) is 30.5 Å². The minimum atomic E-state index is -0.667. The van der Waals surface area contributed by atoms with Gasteiger partial charge in [0.15, 0.2) is 11.9 Å². The fourth-order valence-corrected chi connectivity index (χ4v) is 5.49. The third-order valence-corrected chi connectivity index (χ3v) is 7.03. The number of piperidine rings is 1. The summed E-state index contributed by atoms with van der Waals surface area (Å²) >= 11 is 0. The van der Waals surface area contributed by atoms with E-state index in [1.54, 1.807) is 13.3 Å². The summed E-state index contributed by atoms with van der Waals surface area (Å²) in [6.45, 7) is 2.47. The third kappa shape index (κ3) is 3.88. The molecule has 0 radical (unpaired) electrons. The number of benzene rings is 1. The van der Waals surface area contributed by atoms with Crippen LogP contribution in [0.4, 0.5) is 20.4 Å². The van der Waals surface area contributed by atoms with Crippen LogP contribution in [0, 0.1) is 23.5 Å². The van der Waals surface area contributed by atoms with E-state index in [4.69, 9.17) is 9.47 Å². The molecule has 2 bridgehead atoms. The largest absolute Gasteiger partial charge is 0.482 e. The van der Waals surface area contributed by atoms with Crippen molar-refractivity contribution in [1.82, 2.24) is 25.0 Å². The van der Waals surface area contributed by atoms with Gasteiger partial charge in [-0.15, -0.1) is 10.2 Å². The summed E-state index contributed by atoms with van der Waals surface area (Å²) in [7, 11) is 1.59. The first-order valence-electron chi connectivity index (χ1n) is 11.5. The van der Waals surface area contributed by atoms with Gasteiger partial charge in [0.05, 0.1) is 19.0 Å². The summed E-state index contributed by atoms with van der Waals surface area (Å²) in [4.78, 5) is 7.03. The molecule has 9 nitrogen and oxygen atoms in total. The minimum Gasteiger partial charge on any atom is -0.482 e. The van der Waals surface area contributed by atoms with Gasteiger partial charge in [-0.05, 0) is 24.7 Å². The van der Waals surface area contributed by atoms with Gasteiger partial charge < -0.3 is 19.7 Å². The van der Waals surface area contributed by atoms with Crippen molar-refractivity contribution >= 4 is 11.6 Å². The monoisotopic (exact) mass is 469 g/mol. The Morgan fingerprint density at radius 3 is 2.53 bits per heavy atom. The second-order valence-corrected chi connectivity index (χ2v) is 9.15. The summed E-state index contributed by atoms with van der Waals surface area (Å²) in [5, 5.41) is 16.2. The van der Waals surface area contributed by atoms with Crippen LogP contribution in [0.3, 0.4) is 0 Å². The molecule has 3 aliphatic rings. The molecule has 34 heavy (non-hydrogen) atoms. The zero-order chi connectivity index (χ0) is 23.2. The van der Waals surface area contributed by atoms with E-state index in [0.717, 1.165) is 37.7 Å². The van der Waals surface area contributed by atoms with E-state index in [9.17, 15) is 8.78 Å². The lowest BCUT2D eigenvalue weighted by molar-refractivity contribution is 0.201. The zero-order valence-electron chi connectivity index (χ0n) is 18.7. The van der Waals surface area contributed by atoms with Crippen molar-refractivity contribution < 1.29 is 18.3 Å². The molecule has 3 atom stereocenters. The number of halogens is 2. The fraction of sp³-hybridized carbons (Fsp3) is 0.478. The molecule has 2 aromatic heterocycles. The molecule has 3 aromatic rings. The van der Waals surface area contributed by atoms with Crippen LogP contribution in [-0.4, -0.2) is 51.2 Å². The van der Waals surface area contributed by atoms with Crippen molar-refractivity contribution in [1.29, 1.82) is 0 Å². The lowest BCUT2D eigenvalue weighted by Crippen LogP contribution is -2.48. The van der Waals surface area contributed by atoms with Gasteiger partial charge in [0.25, 0.3) is 0 Å². The molecule has 0 spiro atoms. The van der Waals surface area contributed by atoms with Crippen LogP contribution in [0.1, 0.15) is 31.2 Å². The molecule has 1 aromatic carbocycles. The molecule has 4 heterocycles. The maximum absolute atomic E-state index is 13.5. The van der Waals surface area contributed by atoms with Gasteiger partial charge in [0.1, 0.15) is 17.4 Å². The number of hydrogen-bond acceptors (Lipinski definition) is 8. The summed E-state index contributed by atoms with van der Waals surface area (Å²) in [6, 6.07) is 5.40. The van der Waals surface area contributed by atoms with E-state index in [1.165, 1.54) is 12.1 Å². The normalized spacial score (nSPS) is 25.3. The second kappa shape index (κ2) is 8.37. The highest BCUT2D eigenvalue weighted by Crippen LogP contribution is 2.40. The molecule has 1 saturated heterocycles. The summed E-state index contributed by atoms with van der Waals surface area (Å²) < 4.78 is 40.0. The smallest absolute Gasteiger partial charge is 0.242 e. The van der Waals surface area contributed by atoms with Crippen molar-refractivity contribution in [3.05, 3.63) is 47.9 Å². The van der Waals surface area contributed by atoms with Crippen LogP contribution in [0.15, 0.2) is 30.5 Å². The van der Waals surface area contributed by atoms with Crippen molar-refractivity contribution in [2.24, 2.45) is 11.8 Å². The minimum absolute atomic E-state index is 0.154. The molecule has 1 N–H and O–H groups in total. The average Bonchev–Trinajstić information content (AvgIpc) is 3.44. The molecule has 178 valence electrons. The van der Waals surface area contributed by atoms with Gasteiger partial charge in [0, 0.05) is 56.4 Å². The molecule has 6 rings (SSSR count). The number of aryl methyl sites for hydroxylation is 1. The Labute approximate surface area is 195 Å². The molecule has 2 fully saturated rings. The molecular weight excluding hydrogens is 444 g/mol. The van der Waals surface area contributed by atoms with E-state index in [-0.39, 0.29) is 11.8 Å². The van der Waals surface area contributed by atoms with E-state index in [0.29, 0.717) is 42.5 Å². The van der Waals surface area contributed by atoms with Crippen molar-refractivity contribution in [3.63, 3.8) is 0 Å². The van der Waals surface area contributed by atoms with E-state index in [1.807, 2.05) is 10.7 Å². The maximum atomic E-state index is 13.5. The Kier molecular flexibility index (Phi) is 5.19. The van der Waals surface area contributed by atoms with Crippen LogP contribution in [0.25, 0.3) is 0 Å². The fourth-order valence-electron chi connectivity index (χ4n) is 5.49. The van der Waals surface area contributed by atoms with Gasteiger partial charge in [-0.2, -0.15) is 10.1 Å². The van der Waals surface area contributed by atoms with E-state index >= 15 is 0 Å². The first-order chi connectivity index (χ1) is 16.6. The van der Waals surface area contributed by atoms with Gasteiger partial charge in [-0.1, -0.05) is 0 Å². The summed E-state index contributed by atoms with van der Waals surface area (Å²) in [5.74, 6) is 1.50. The number of anilines is 2. The van der Waals surface area contributed by atoms with Crippen LogP contribution < -0.4 is 19.7 Å². The highest BCUT2D eigenvalue weighted by atomic mass is 19.1. The van der Waals surface area contributed by atoms with Gasteiger partial charge in [-0.3, -0.25) is 0 Å². The first kappa shape index (κ1) is 21.1. The average molecular weight is 469 g/mol. The van der Waals surface area contributed by atoms with E-state index < -0.39 is 17.7 Å². The Balaban J connectivity index is 1.14. The first-order valence-corrected chi connectivity index (χ1v) is 11.5. The summed E-state index contributed by atoms with van der Waals surface area (Å²) in [5.41, 5.74) is 1.02. The van der Waals surface area contributed by atoms with Crippen LogP contribution in [0.2, 0.25) is 0 Å². The van der Waals surface area contributed by atoms with Crippen molar-refractivity contribution in [2.45, 2.75) is 38.0 Å². The number of rotatable bonds is 6. The number of methoxy groups -OCH3 is 1. The Morgan fingerprint density at radius 1 is 1.03 bits per heavy atom. The van der Waals surface area contributed by atoms with Gasteiger partial charge in [-0.25, -0.2) is 13.5 Å². The predicted molar refractivity (Wildman–Crippen MR) is 119 cm³/mol. The molecule has 11 heteroatoms.